The highest BCUT2D eigenvalue weighted by Crippen LogP contribution is 2.28. The maximum absolute atomic E-state index is 11.9. The van der Waals surface area contributed by atoms with Crippen LogP contribution in [0.5, 0.6) is 5.88 Å². The number of aliphatic hydroxyl groups is 1. The quantitative estimate of drug-likeness (QED) is 0.642. The van der Waals surface area contributed by atoms with Crippen molar-refractivity contribution in [3.05, 3.63) is 34.7 Å². The molecular weight excluding hydrogens is 376 g/mol. The van der Waals surface area contributed by atoms with Gasteiger partial charge in [0.05, 0.1) is 25.0 Å². The maximum atomic E-state index is 11.9. The van der Waals surface area contributed by atoms with Crippen LogP contribution in [0.2, 0.25) is 0 Å². The first-order valence-corrected chi connectivity index (χ1v) is 8.96. The summed E-state index contributed by atoms with van der Waals surface area (Å²) in [6.07, 6.45) is 2.05. The molecule has 1 N–H and O–H groups in total. The molecule has 150 valence electrons. The molecule has 0 aromatic carbocycles. The summed E-state index contributed by atoms with van der Waals surface area (Å²) in [7, 11) is 0. The van der Waals surface area contributed by atoms with Crippen molar-refractivity contribution in [1.29, 1.82) is 0 Å². The highest BCUT2D eigenvalue weighted by Gasteiger charge is 2.32. The number of rotatable bonds is 9. The van der Waals surface area contributed by atoms with Gasteiger partial charge in [-0.2, -0.15) is 5.10 Å². The Morgan fingerprint density at radius 3 is 2.63 bits per heavy atom. The van der Waals surface area contributed by atoms with Crippen LogP contribution in [-0.4, -0.2) is 59.6 Å². The lowest BCUT2D eigenvalue weighted by atomic mass is 10.1. The van der Waals surface area contributed by atoms with E-state index < -0.39 is 12.9 Å². The first-order chi connectivity index (χ1) is 12.8. The lowest BCUT2D eigenvalue weighted by Crippen LogP contribution is -2.46. The van der Waals surface area contributed by atoms with E-state index in [2.05, 4.69) is 10.1 Å². The van der Waals surface area contributed by atoms with Crippen LogP contribution in [0.25, 0.3) is 0 Å². The largest absolute Gasteiger partial charge is 0.486 e. The van der Waals surface area contributed by atoms with E-state index in [0.717, 1.165) is 5.56 Å². The molecule has 0 spiro atoms. The van der Waals surface area contributed by atoms with Gasteiger partial charge in [-0.15, -0.1) is 0 Å². The zero-order valence-electron chi connectivity index (χ0n) is 15.7. The van der Waals surface area contributed by atoms with Crippen LogP contribution in [0.3, 0.4) is 0 Å². The zero-order valence-corrected chi connectivity index (χ0v) is 16.4. The van der Waals surface area contributed by atoms with E-state index in [-0.39, 0.29) is 23.8 Å². The topological polar surface area (TPSA) is 76.4 Å². The van der Waals surface area contributed by atoms with Crippen LogP contribution < -0.4 is 4.74 Å². The van der Waals surface area contributed by atoms with Gasteiger partial charge in [0.2, 0.25) is 5.88 Å². The van der Waals surface area contributed by atoms with E-state index >= 15 is 0 Å². The molecule has 0 saturated carbocycles. The predicted molar refractivity (Wildman–Crippen MR) is 100 cm³/mol. The molecule has 0 aliphatic carbocycles. The van der Waals surface area contributed by atoms with E-state index in [1.54, 1.807) is 18.3 Å². The second-order valence-electron chi connectivity index (χ2n) is 6.79. The number of hydrogen-bond donors (Lipinski definition) is 1. The number of pyridine rings is 1. The van der Waals surface area contributed by atoms with Gasteiger partial charge >= 0.3 is 0 Å². The van der Waals surface area contributed by atoms with E-state index in [1.807, 2.05) is 20.8 Å². The lowest BCUT2D eigenvalue weighted by Gasteiger charge is -2.38. The molecule has 1 aliphatic heterocycles. The number of hydrazone groups is 1. The number of allylic oxidation sites excluding steroid dienone is 1. The molecule has 0 saturated heterocycles. The highest BCUT2D eigenvalue weighted by atomic mass is 35.5. The van der Waals surface area contributed by atoms with Gasteiger partial charge in [0.15, 0.2) is 12.0 Å². The Kier molecular flexibility index (Phi) is 7.82. The van der Waals surface area contributed by atoms with Gasteiger partial charge in [-0.05, 0) is 26.8 Å². The van der Waals surface area contributed by atoms with E-state index in [0.29, 0.717) is 24.9 Å². The van der Waals surface area contributed by atoms with Crippen molar-refractivity contribution < 1.29 is 23.7 Å². The Labute approximate surface area is 163 Å². The average Bonchev–Trinajstić information content (AvgIpc) is 2.63. The second kappa shape index (κ2) is 9.87. The summed E-state index contributed by atoms with van der Waals surface area (Å²) in [4.78, 5) is 4.17. The number of aromatic nitrogens is 1. The molecule has 9 heteroatoms. The lowest BCUT2D eigenvalue weighted by molar-refractivity contribution is -0.0264. The molecule has 1 aromatic heterocycles. The molecule has 1 atom stereocenters. The number of aliphatic hydroxyl groups excluding tert-OH is 1. The van der Waals surface area contributed by atoms with Crippen LogP contribution in [0.1, 0.15) is 26.3 Å². The molecular formula is C18H25ClFN3O4. The van der Waals surface area contributed by atoms with Crippen molar-refractivity contribution in [2.75, 3.05) is 26.5 Å². The van der Waals surface area contributed by atoms with E-state index in [4.69, 9.17) is 25.8 Å². The Balaban J connectivity index is 1.84. The van der Waals surface area contributed by atoms with Crippen LogP contribution >= 0.6 is 11.6 Å². The number of alkyl halides is 1. The Bertz CT molecular complexity index is 662. The van der Waals surface area contributed by atoms with Crippen molar-refractivity contribution in [2.24, 2.45) is 5.10 Å². The summed E-state index contributed by atoms with van der Waals surface area (Å²) in [6, 6.07) is 3.51. The summed E-state index contributed by atoms with van der Waals surface area (Å²) in [5, 5.41) is 16.2. The van der Waals surface area contributed by atoms with Crippen LogP contribution in [0.4, 0.5) is 4.39 Å². The number of nitrogens with zero attached hydrogens (tertiary/aromatic N) is 3. The minimum Gasteiger partial charge on any atom is -0.486 e. The van der Waals surface area contributed by atoms with Gasteiger partial charge in [-0.1, -0.05) is 11.6 Å². The van der Waals surface area contributed by atoms with Crippen molar-refractivity contribution in [3.63, 3.8) is 0 Å². The third-order valence-corrected chi connectivity index (χ3v) is 3.95. The molecule has 1 aromatic rings. The molecule has 1 unspecified atom stereocenters. The Morgan fingerprint density at radius 1 is 1.22 bits per heavy atom. The van der Waals surface area contributed by atoms with E-state index in [9.17, 15) is 9.50 Å². The molecule has 0 radical (unpaired) electrons. The summed E-state index contributed by atoms with van der Waals surface area (Å²) in [6.45, 7) is 6.14. The van der Waals surface area contributed by atoms with Gasteiger partial charge in [0.1, 0.15) is 24.9 Å². The third kappa shape index (κ3) is 6.34. The SMILES string of the molecule is CC(C)(C)N1N=CC(OCc2ccc(OCCOCC[18F])nc2)=C(Cl)C1O. The minimum absolute atomic E-state index is 0.0665. The summed E-state index contributed by atoms with van der Waals surface area (Å²) < 4.78 is 27.9. The van der Waals surface area contributed by atoms with E-state index in [1.165, 1.54) is 11.2 Å². The zero-order chi connectivity index (χ0) is 19.9. The average molecular weight is 401 g/mol. The fourth-order valence-electron chi connectivity index (χ4n) is 2.22. The first kappa shape index (κ1) is 21.4. The van der Waals surface area contributed by atoms with Gasteiger partial charge in [0.25, 0.3) is 0 Å². The maximum Gasteiger partial charge on any atom is 0.213 e. The molecule has 0 fully saturated rings. The minimum atomic E-state index is -1.06. The molecule has 0 amide bonds. The van der Waals surface area contributed by atoms with Crippen LogP contribution in [-0.2, 0) is 16.1 Å². The first-order valence-electron chi connectivity index (χ1n) is 8.58. The normalized spacial score (nSPS) is 17.4. The van der Waals surface area contributed by atoms with Gasteiger partial charge in [-0.25, -0.2) is 9.37 Å². The van der Waals surface area contributed by atoms with Gasteiger partial charge in [0, 0.05) is 17.8 Å². The van der Waals surface area contributed by atoms with Crippen molar-refractivity contribution >= 4 is 17.8 Å². The number of halogens is 2. The fraction of sp³-hybridized carbons (Fsp3) is 0.556. The van der Waals surface area contributed by atoms with Crippen molar-refractivity contribution in [3.8, 4) is 5.88 Å². The summed E-state index contributed by atoms with van der Waals surface area (Å²) in [5.74, 6) is 0.755. The Morgan fingerprint density at radius 2 is 2.00 bits per heavy atom. The standard InChI is InChI=1S/C18H25ClFN3O4/c1-18(2,3)23-17(24)16(19)14(11-22-23)27-12-13-4-5-15(21-10-13)26-9-8-25-7-6-20/h4-5,10-11,17,24H,6-9,12H2,1-3H3/i20-1. The summed E-state index contributed by atoms with van der Waals surface area (Å²) in [5.41, 5.74) is 0.423. The molecule has 0 bridgehead atoms. The molecule has 27 heavy (non-hydrogen) atoms. The number of hydrogen-bond acceptors (Lipinski definition) is 7. The predicted octanol–water partition coefficient (Wildman–Crippen LogP) is 2.83. The second-order valence-corrected chi connectivity index (χ2v) is 7.20. The van der Waals surface area contributed by atoms with Gasteiger partial charge < -0.3 is 19.3 Å². The van der Waals surface area contributed by atoms with Crippen LogP contribution in [0.15, 0.2) is 34.2 Å². The van der Waals surface area contributed by atoms with Crippen molar-refractivity contribution in [1.82, 2.24) is 9.99 Å². The molecule has 2 heterocycles. The molecule has 2 rings (SSSR count). The number of ether oxygens (including phenoxy) is 3. The van der Waals surface area contributed by atoms with Crippen molar-refractivity contribution in [2.45, 2.75) is 39.1 Å². The third-order valence-electron chi connectivity index (χ3n) is 3.57. The smallest absolute Gasteiger partial charge is 0.213 e. The molecule has 7 nitrogen and oxygen atoms in total. The molecule has 1 aliphatic rings. The summed E-state index contributed by atoms with van der Waals surface area (Å²) >= 11 is 6.22. The fourth-order valence-corrected chi connectivity index (χ4v) is 2.42. The Hall–Kier alpha value is -1.90. The van der Waals surface area contributed by atoms with Crippen LogP contribution in [0, 0.1) is 0 Å². The monoisotopic (exact) mass is 400 g/mol. The highest BCUT2D eigenvalue weighted by molar-refractivity contribution is 6.31. The van der Waals surface area contributed by atoms with Gasteiger partial charge in [-0.3, -0.25) is 5.01 Å².